The zero-order chi connectivity index (χ0) is 10.1. The third kappa shape index (κ3) is 6.34. The summed E-state index contributed by atoms with van der Waals surface area (Å²) >= 11 is 0. The summed E-state index contributed by atoms with van der Waals surface area (Å²) in [6, 6.07) is 0. The monoisotopic (exact) mass is 186 g/mol. The molecule has 0 aromatic rings. The Hall–Kier alpha value is -0.830. The molecule has 0 saturated carbocycles. The third-order valence-corrected chi connectivity index (χ3v) is 1.56. The van der Waals surface area contributed by atoms with Crippen molar-refractivity contribution in [1.29, 1.82) is 0 Å². The van der Waals surface area contributed by atoms with Crippen LogP contribution in [0.5, 0.6) is 0 Å². The van der Waals surface area contributed by atoms with Crippen LogP contribution in [0.3, 0.4) is 0 Å². The molecule has 0 amide bonds. The maximum Gasteiger partial charge on any atom is 0.332 e. The molecule has 0 rings (SSSR count). The highest BCUT2D eigenvalue weighted by Gasteiger charge is 2.10. The van der Waals surface area contributed by atoms with E-state index in [0.29, 0.717) is 6.61 Å². The van der Waals surface area contributed by atoms with Gasteiger partial charge in [-0.15, -0.1) is 0 Å². The molecule has 0 aromatic carbocycles. The SMILES string of the molecule is C=CC(=O)OC(CCCC)OCC. The molecular formula is C10H18O3. The average Bonchev–Trinajstić information content (AvgIpc) is 2.14. The van der Waals surface area contributed by atoms with Crippen LogP contribution in [0.4, 0.5) is 0 Å². The third-order valence-electron chi connectivity index (χ3n) is 1.56. The molecule has 13 heavy (non-hydrogen) atoms. The molecular weight excluding hydrogens is 168 g/mol. The fourth-order valence-electron chi connectivity index (χ4n) is 0.911. The Bertz CT molecular complexity index is 154. The Kier molecular flexibility index (Phi) is 7.30. The second kappa shape index (κ2) is 7.80. The lowest BCUT2D eigenvalue weighted by Gasteiger charge is -2.15. The first-order chi connectivity index (χ1) is 6.24. The van der Waals surface area contributed by atoms with Gasteiger partial charge in [-0.3, -0.25) is 0 Å². The van der Waals surface area contributed by atoms with E-state index in [0.717, 1.165) is 25.3 Å². The van der Waals surface area contributed by atoms with E-state index in [-0.39, 0.29) is 0 Å². The Labute approximate surface area is 79.7 Å². The number of esters is 1. The summed E-state index contributed by atoms with van der Waals surface area (Å²) in [7, 11) is 0. The van der Waals surface area contributed by atoms with Crippen molar-refractivity contribution in [3.8, 4) is 0 Å². The molecule has 0 saturated heterocycles. The van der Waals surface area contributed by atoms with Gasteiger partial charge in [0.2, 0.25) is 6.29 Å². The van der Waals surface area contributed by atoms with Crippen LogP contribution in [-0.2, 0) is 14.3 Å². The maximum atomic E-state index is 10.8. The molecule has 0 aliphatic carbocycles. The van der Waals surface area contributed by atoms with Gasteiger partial charge in [0.25, 0.3) is 0 Å². The van der Waals surface area contributed by atoms with Crippen LogP contribution in [0.25, 0.3) is 0 Å². The molecule has 3 nitrogen and oxygen atoms in total. The summed E-state index contributed by atoms with van der Waals surface area (Å²) in [4.78, 5) is 10.8. The van der Waals surface area contributed by atoms with Crippen LogP contribution in [0, 0.1) is 0 Å². The first-order valence-electron chi connectivity index (χ1n) is 4.69. The number of rotatable bonds is 7. The zero-order valence-electron chi connectivity index (χ0n) is 8.41. The van der Waals surface area contributed by atoms with Crippen LogP contribution < -0.4 is 0 Å². The van der Waals surface area contributed by atoms with Crippen molar-refractivity contribution >= 4 is 5.97 Å². The minimum Gasteiger partial charge on any atom is -0.433 e. The lowest BCUT2D eigenvalue weighted by molar-refractivity contribution is -0.173. The van der Waals surface area contributed by atoms with Gasteiger partial charge in [0, 0.05) is 19.1 Å². The van der Waals surface area contributed by atoms with Gasteiger partial charge in [-0.2, -0.15) is 0 Å². The number of carbonyl (C=O) groups excluding carboxylic acids is 1. The summed E-state index contributed by atoms with van der Waals surface area (Å²) < 4.78 is 10.2. The second-order valence-electron chi connectivity index (χ2n) is 2.67. The molecule has 0 aliphatic rings. The van der Waals surface area contributed by atoms with Gasteiger partial charge in [0.05, 0.1) is 0 Å². The van der Waals surface area contributed by atoms with Crippen molar-refractivity contribution in [3.63, 3.8) is 0 Å². The van der Waals surface area contributed by atoms with Gasteiger partial charge >= 0.3 is 5.97 Å². The Morgan fingerprint density at radius 2 is 2.23 bits per heavy atom. The second-order valence-corrected chi connectivity index (χ2v) is 2.67. The number of hydrogen-bond donors (Lipinski definition) is 0. The van der Waals surface area contributed by atoms with Crippen LogP contribution in [0.15, 0.2) is 12.7 Å². The van der Waals surface area contributed by atoms with Crippen LogP contribution in [-0.4, -0.2) is 18.9 Å². The summed E-state index contributed by atoms with van der Waals surface area (Å²) in [6.45, 7) is 7.84. The standard InChI is InChI=1S/C10H18O3/c1-4-7-8-10(12-6-3)13-9(11)5-2/h5,10H,2,4,6-8H2,1,3H3. The van der Waals surface area contributed by atoms with Crippen molar-refractivity contribution in [2.75, 3.05) is 6.61 Å². The summed E-state index contributed by atoms with van der Waals surface area (Å²) in [5, 5.41) is 0. The summed E-state index contributed by atoms with van der Waals surface area (Å²) in [5.41, 5.74) is 0. The van der Waals surface area contributed by atoms with Crippen LogP contribution in [0.1, 0.15) is 33.1 Å². The van der Waals surface area contributed by atoms with Crippen molar-refractivity contribution in [2.24, 2.45) is 0 Å². The quantitative estimate of drug-likeness (QED) is 0.347. The molecule has 0 radical (unpaired) electrons. The fourth-order valence-corrected chi connectivity index (χ4v) is 0.911. The minimum atomic E-state index is -0.422. The van der Waals surface area contributed by atoms with Gasteiger partial charge in [0.1, 0.15) is 0 Å². The van der Waals surface area contributed by atoms with Crippen molar-refractivity contribution in [1.82, 2.24) is 0 Å². The van der Waals surface area contributed by atoms with Crippen molar-refractivity contribution in [3.05, 3.63) is 12.7 Å². The number of carbonyl (C=O) groups is 1. The minimum absolute atomic E-state index is 0.407. The predicted molar refractivity (Wildman–Crippen MR) is 51.2 cm³/mol. The van der Waals surface area contributed by atoms with Crippen LogP contribution in [0.2, 0.25) is 0 Å². The van der Waals surface area contributed by atoms with Gasteiger partial charge in [-0.1, -0.05) is 19.9 Å². The predicted octanol–water partition coefficient (Wildman–Crippen LogP) is 2.27. The van der Waals surface area contributed by atoms with Gasteiger partial charge in [-0.05, 0) is 13.3 Å². The lowest BCUT2D eigenvalue weighted by Crippen LogP contribution is -2.20. The molecule has 0 N–H and O–H groups in total. The van der Waals surface area contributed by atoms with Gasteiger partial charge in [-0.25, -0.2) is 4.79 Å². The molecule has 76 valence electrons. The van der Waals surface area contributed by atoms with E-state index in [2.05, 4.69) is 13.5 Å². The van der Waals surface area contributed by atoms with E-state index >= 15 is 0 Å². The van der Waals surface area contributed by atoms with E-state index in [1.54, 1.807) is 0 Å². The number of hydrogen-bond acceptors (Lipinski definition) is 3. The molecule has 0 spiro atoms. The highest BCUT2D eigenvalue weighted by atomic mass is 16.7. The highest BCUT2D eigenvalue weighted by molar-refractivity contribution is 5.81. The molecule has 1 unspecified atom stereocenters. The summed E-state index contributed by atoms with van der Waals surface area (Å²) in [6.07, 6.45) is 3.56. The Balaban J connectivity index is 3.78. The van der Waals surface area contributed by atoms with Crippen molar-refractivity contribution < 1.29 is 14.3 Å². The summed E-state index contributed by atoms with van der Waals surface area (Å²) in [5.74, 6) is -0.422. The Morgan fingerprint density at radius 1 is 1.54 bits per heavy atom. The normalized spacial score (nSPS) is 12.2. The first kappa shape index (κ1) is 12.2. The van der Waals surface area contributed by atoms with Crippen molar-refractivity contribution in [2.45, 2.75) is 39.4 Å². The van der Waals surface area contributed by atoms with E-state index < -0.39 is 12.3 Å². The smallest absolute Gasteiger partial charge is 0.332 e. The Morgan fingerprint density at radius 3 is 2.69 bits per heavy atom. The molecule has 0 fully saturated rings. The highest BCUT2D eigenvalue weighted by Crippen LogP contribution is 2.06. The van der Waals surface area contributed by atoms with Crippen LogP contribution >= 0.6 is 0 Å². The van der Waals surface area contributed by atoms with E-state index in [4.69, 9.17) is 9.47 Å². The topological polar surface area (TPSA) is 35.5 Å². The molecule has 0 heterocycles. The van der Waals surface area contributed by atoms with E-state index in [1.807, 2.05) is 6.92 Å². The molecule has 0 bridgehead atoms. The average molecular weight is 186 g/mol. The maximum absolute atomic E-state index is 10.8. The molecule has 0 aliphatic heterocycles. The number of ether oxygens (including phenoxy) is 2. The lowest BCUT2D eigenvalue weighted by atomic mass is 10.2. The molecule has 0 aromatic heterocycles. The molecule has 3 heteroatoms. The van der Waals surface area contributed by atoms with Gasteiger partial charge < -0.3 is 9.47 Å². The zero-order valence-corrected chi connectivity index (χ0v) is 8.41. The van der Waals surface area contributed by atoms with Gasteiger partial charge in [0.15, 0.2) is 0 Å². The van der Waals surface area contributed by atoms with E-state index in [1.165, 1.54) is 0 Å². The largest absolute Gasteiger partial charge is 0.433 e. The fraction of sp³-hybridized carbons (Fsp3) is 0.700. The number of unbranched alkanes of at least 4 members (excludes halogenated alkanes) is 1. The first-order valence-corrected chi connectivity index (χ1v) is 4.69. The van der Waals surface area contributed by atoms with E-state index in [9.17, 15) is 4.79 Å². The molecule has 1 atom stereocenters.